The van der Waals surface area contributed by atoms with E-state index in [1.165, 1.54) is 54.7 Å². The molecule has 0 saturated heterocycles. The Balaban J connectivity index is 1.09. The molecule has 2 nitrogen and oxygen atoms in total. The largest absolute Gasteiger partial charge is 0.455 e. The third kappa shape index (κ3) is 4.46. The van der Waals surface area contributed by atoms with Gasteiger partial charge in [-0.1, -0.05) is 140 Å². The molecule has 8 aromatic carbocycles. The van der Waals surface area contributed by atoms with Crippen LogP contribution in [0.15, 0.2) is 180 Å². The monoisotopic (exact) mass is 623 g/mol. The number of furan rings is 1. The zero-order valence-corrected chi connectivity index (χ0v) is 26.6. The number of aromatic nitrogens is 1. The van der Waals surface area contributed by atoms with Crippen molar-refractivity contribution < 1.29 is 4.42 Å². The molecular formula is C47H29NO. The number of nitrogens with zero attached hydrogens (tertiary/aromatic N) is 1. The summed E-state index contributed by atoms with van der Waals surface area (Å²) < 4.78 is 6.36. The molecular weight excluding hydrogens is 595 g/mol. The summed E-state index contributed by atoms with van der Waals surface area (Å²) in [6, 6.07) is 60.6. The lowest BCUT2D eigenvalue weighted by Gasteiger charge is -2.18. The van der Waals surface area contributed by atoms with Crippen molar-refractivity contribution in [3.05, 3.63) is 176 Å². The van der Waals surface area contributed by atoms with Crippen molar-refractivity contribution in [1.29, 1.82) is 0 Å². The fourth-order valence-corrected chi connectivity index (χ4v) is 7.59. The highest BCUT2D eigenvalue weighted by molar-refractivity contribution is 6.21. The maximum absolute atomic E-state index is 6.36. The highest BCUT2D eigenvalue weighted by Crippen LogP contribution is 2.44. The van der Waals surface area contributed by atoms with Gasteiger partial charge in [0, 0.05) is 33.5 Å². The van der Waals surface area contributed by atoms with E-state index in [2.05, 4.69) is 170 Å². The number of rotatable bonds is 4. The molecule has 0 saturated carbocycles. The molecule has 2 aromatic heterocycles. The van der Waals surface area contributed by atoms with Crippen molar-refractivity contribution in [2.75, 3.05) is 0 Å². The van der Waals surface area contributed by atoms with Crippen LogP contribution in [0.1, 0.15) is 0 Å². The molecule has 0 atom stereocenters. The fraction of sp³-hybridized carbons (Fsp3) is 0. The fourth-order valence-electron chi connectivity index (χ4n) is 7.59. The van der Waals surface area contributed by atoms with Gasteiger partial charge in [0.25, 0.3) is 0 Å². The topological polar surface area (TPSA) is 26.0 Å². The highest BCUT2D eigenvalue weighted by Gasteiger charge is 2.17. The number of fused-ring (bicyclic) bond motifs is 7. The summed E-state index contributed by atoms with van der Waals surface area (Å²) in [7, 11) is 0. The molecule has 0 amide bonds. The van der Waals surface area contributed by atoms with Crippen molar-refractivity contribution in [1.82, 2.24) is 4.98 Å². The van der Waals surface area contributed by atoms with E-state index in [0.717, 1.165) is 44.1 Å². The number of hydrogen-bond donors (Lipinski definition) is 0. The third-order valence-electron chi connectivity index (χ3n) is 9.92. The Hall–Kier alpha value is -6.51. The third-order valence-corrected chi connectivity index (χ3v) is 9.92. The average molecular weight is 624 g/mol. The van der Waals surface area contributed by atoms with E-state index in [-0.39, 0.29) is 0 Å². The van der Waals surface area contributed by atoms with Gasteiger partial charge in [-0.05, 0) is 85.1 Å². The minimum atomic E-state index is 0.888. The summed E-state index contributed by atoms with van der Waals surface area (Å²) in [5, 5.41) is 9.45. The summed E-state index contributed by atoms with van der Waals surface area (Å²) in [6.07, 6.45) is 2.03. The average Bonchev–Trinajstić information content (AvgIpc) is 3.56. The van der Waals surface area contributed by atoms with Crippen molar-refractivity contribution in [3.63, 3.8) is 0 Å². The van der Waals surface area contributed by atoms with Crippen molar-refractivity contribution in [2.45, 2.75) is 0 Å². The summed E-state index contributed by atoms with van der Waals surface area (Å²) in [6.45, 7) is 0. The van der Waals surface area contributed by atoms with Gasteiger partial charge in [0.05, 0.1) is 5.69 Å². The van der Waals surface area contributed by atoms with Gasteiger partial charge in [-0.3, -0.25) is 4.98 Å². The number of hydrogen-bond acceptors (Lipinski definition) is 2. The first-order chi connectivity index (χ1) is 24.3. The predicted molar refractivity (Wildman–Crippen MR) is 206 cm³/mol. The maximum Gasteiger partial charge on any atom is 0.143 e. The number of pyridine rings is 1. The second-order valence-electron chi connectivity index (χ2n) is 12.7. The van der Waals surface area contributed by atoms with Gasteiger partial charge < -0.3 is 4.42 Å². The minimum Gasteiger partial charge on any atom is -0.455 e. The lowest BCUT2D eigenvalue weighted by atomic mass is 9.86. The van der Waals surface area contributed by atoms with Crippen LogP contribution in [0.2, 0.25) is 0 Å². The molecule has 10 rings (SSSR count). The van der Waals surface area contributed by atoms with Crippen LogP contribution >= 0.6 is 0 Å². The summed E-state index contributed by atoms with van der Waals surface area (Å²) in [5.41, 5.74) is 11.0. The van der Waals surface area contributed by atoms with Crippen LogP contribution in [0.4, 0.5) is 0 Å². The molecule has 49 heavy (non-hydrogen) atoms. The first-order valence-corrected chi connectivity index (χ1v) is 16.7. The lowest BCUT2D eigenvalue weighted by molar-refractivity contribution is 0.672. The molecule has 2 heteroatoms. The quantitative estimate of drug-likeness (QED) is 0.182. The Kier molecular flexibility index (Phi) is 6.22. The van der Waals surface area contributed by atoms with Crippen LogP contribution in [0, 0.1) is 0 Å². The summed E-state index contributed by atoms with van der Waals surface area (Å²) >= 11 is 0. The first-order valence-electron chi connectivity index (χ1n) is 16.7. The summed E-state index contributed by atoms with van der Waals surface area (Å²) in [4.78, 5) is 5.05. The van der Waals surface area contributed by atoms with Crippen LogP contribution < -0.4 is 0 Å². The van der Waals surface area contributed by atoms with Crippen LogP contribution in [0.5, 0.6) is 0 Å². The van der Waals surface area contributed by atoms with Crippen molar-refractivity contribution in [2.24, 2.45) is 0 Å². The van der Waals surface area contributed by atoms with Crippen LogP contribution in [0.25, 0.3) is 98.9 Å². The van der Waals surface area contributed by atoms with Crippen LogP contribution in [-0.4, -0.2) is 4.98 Å². The zero-order chi connectivity index (χ0) is 32.3. The van der Waals surface area contributed by atoms with Gasteiger partial charge in [-0.15, -0.1) is 0 Å². The van der Waals surface area contributed by atoms with Crippen molar-refractivity contribution in [3.8, 4) is 44.6 Å². The van der Waals surface area contributed by atoms with Gasteiger partial charge in [-0.25, -0.2) is 0 Å². The summed E-state index contributed by atoms with van der Waals surface area (Å²) in [5.74, 6) is 0. The molecule has 0 unspecified atom stereocenters. The van der Waals surface area contributed by atoms with Crippen LogP contribution in [-0.2, 0) is 0 Å². The molecule has 0 N–H and O–H groups in total. The highest BCUT2D eigenvalue weighted by atomic mass is 16.3. The van der Waals surface area contributed by atoms with E-state index in [1.54, 1.807) is 0 Å². The standard InChI is InChI=1S/C47H29NO/c1-2-10-30(11-3-1)31-18-20-33(21-19-31)45-37-14-6-8-16-39(37)46(40-17-9-7-15-38(40)45)35-23-26-43(48-29-35)34-24-27-44-42(28-34)41-25-22-32-12-4-5-13-36(32)47(41)49-44/h1-29H. The molecule has 0 aliphatic rings. The molecule has 0 aliphatic heterocycles. The maximum atomic E-state index is 6.36. The van der Waals surface area contributed by atoms with Gasteiger partial charge in [-0.2, -0.15) is 0 Å². The molecule has 2 heterocycles. The van der Waals surface area contributed by atoms with E-state index in [0.29, 0.717) is 0 Å². The molecule has 0 radical (unpaired) electrons. The van der Waals surface area contributed by atoms with Gasteiger partial charge in [0.2, 0.25) is 0 Å². The van der Waals surface area contributed by atoms with Crippen molar-refractivity contribution >= 4 is 54.3 Å². The second kappa shape index (κ2) is 11.0. The Labute approximate surface area is 283 Å². The van der Waals surface area contributed by atoms with E-state index in [4.69, 9.17) is 9.40 Å². The smallest absolute Gasteiger partial charge is 0.143 e. The van der Waals surface area contributed by atoms with E-state index in [9.17, 15) is 0 Å². The van der Waals surface area contributed by atoms with E-state index in [1.807, 2.05) is 6.20 Å². The molecule has 0 fully saturated rings. The van der Waals surface area contributed by atoms with Crippen LogP contribution in [0.3, 0.4) is 0 Å². The number of benzene rings is 8. The molecule has 0 spiro atoms. The van der Waals surface area contributed by atoms with Gasteiger partial charge in [0.1, 0.15) is 11.2 Å². The SMILES string of the molecule is c1ccc(-c2ccc(-c3c4ccccc4c(-c4ccc(-c5ccc6oc7c8ccccc8ccc7c6c5)nc4)c4ccccc34)cc2)cc1. The normalized spacial score (nSPS) is 11.7. The molecule has 0 aliphatic carbocycles. The zero-order valence-electron chi connectivity index (χ0n) is 26.6. The first kappa shape index (κ1) is 27.6. The Morgan fingerprint density at radius 1 is 0.347 bits per heavy atom. The Morgan fingerprint density at radius 3 is 1.57 bits per heavy atom. The van der Waals surface area contributed by atoms with E-state index >= 15 is 0 Å². The molecule has 0 bridgehead atoms. The van der Waals surface area contributed by atoms with E-state index < -0.39 is 0 Å². The minimum absolute atomic E-state index is 0.888. The second-order valence-corrected chi connectivity index (χ2v) is 12.7. The molecule has 228 valence electrons. The lowest BCUT2D eigenvalue weighted by Crippen LogP contribution is -1.92. The Morgan fingerprint density at radius 2 is 0.898 bits per heavy atom. The van der Waals surface area contributed by atoms with Gasteiger partial charge >= 0.3 is 0 Å². The molecule has 10 aromatic rings. The predicted octanol–water partition coefficient (Wildman–Crippen LogP) is 13.1. The Bertz CT molecular complexity index is 2790. The van der Waals surface area contributed by atoms with Gasteiger partial charge in [0.15, 0.2) is 0 Å².